The van der Waals surface area contributed by atoms with Crippen molar-refractivity contribution in [1.29, 1.82) is 0 Å². The van der Waals surface area contributed by atoms with Crippen molar-refractivity contribution in [1.82, 2.24) is 4.98 Å². The smallest absolute Gasteiger partial charge is 0.416 e. The maximum atomic E-state index is 13.2. The Kier molecular flexibility index (Phi) is 5.19. The van der Waals surface area contributed by atoms with E-state index in [-0.39, 0.29) is 11.3 Å². The first-order chi connectivity index (χ1) is 14.2. The van der Waals surface area contributed by atoms with Crippen molar-refractivity contribution in [2.75, 3.05) is 12.4 Å². The Morgan fingerprint density at radius 3 is 2.77 bits per heavy atom. The summed E-state index contributed by atoms with van der Waals surface area (Å²) in [4.78, 5) is 17.2. The first-order valence-corrected chi connectivity index (χ1v) is 9.51. The number of pyridine rings is 1. The highest BCUT2D eigenvalue weighted by Crippen LogP contribution is 2.49. The van der Waals surface area contributed by atoms with Crippen LogP contribution < -0.4 is 10.1 Å². The van der Waals surface area contributed by atoms with Crippen LogP contribution in [0.25, 0.3) is 0 Å². The molecule has 4 rings (SSSR count). The largest absolute Gasteiger partial charge is 0.481 e. The summed E-state index contributed by atoms with van der Waals surface area (Å²) in [5.74, 6) is -1.23. The number of amides is 1. The lowest BCUT2D eigenvalue weighted by Gasteiger charge is -2.30. The van der Waals surface area contributed by atoms with Gasteiger partial charge in [-0.25, -0.2) is 4.98 Å². The molecule has 2 aliphatic heterocycles. The number of aliphatic hydroxyl groups excluding tert-OH is 1. The number of ether oxygens (including phenoxy) is 2. The van der Waals surface area contributed by atoms with Crippen LogP contribution in [0.3, 0.4) is 0 Å². The zero-order valence-corrected chi connectivity index (χ0v) is 16.3. The number of nitrogens with one attached hydrogen (secondary N) is 1. The second kappa shape index (κ2) is 7.55. The number of rotatable bonds is 4. The Labute approximate surface area is 171 Å². The Hall–Kier alpha value is -2.65. The molecule has 3 heterocycles. The fourth-order valence-electron chi connectivity index (χ4n) is 4.41. The average Bonchev–Trinajstić information content (AvgIpc) is 3.25. The van der Waals surface area contributed by atoms with Crippen molar-refractivity contribution in [3.63, 3.8) is 0 Å². The van der Waals surface area contributed by atoms with E-state index >= 15 is 0 Å². The van der Waals surface area contributed by atoms with E-state index in [1.54, 1.807) is 12.1 Å². The van der Waals surface area contributed by atoms with Crippen molar-refractivity contribution < 1.29 is 32.5 Å². The molecule has 30 heavy (non-hydrogen) atoms. The number of carbonyl (C=O) groups excluding carboxylic acids is 1. The number of methoxy groups -OCH3 is 1. The van der Waals surface area contributed by atoms with Crippen molar-refractivity contribution in [3.05, 3.63) is 53.2 Å². The number of aromatic nitrogens is 1. The average molecular weight is 422 g/mol. The summed E-state index contributed by atoms with van der Waals surface area (Å²) in [7, 11) is 1.47. The molecular formula is C21H21F3N2O4. The Balaban J connectivity index is 1.63. The van der Waals surface area contributed by atoms with Crippen LogP contribution in [0.1, 0.15) is 29.0 Å². The zero-order chi connectivity index (χ0) is 21.6. The number of alkyl halides is 3. The third-order valence-electron chi connectivity index (χ3n) is 5.79. The number of halogens is 3. The van der Waals surface area contributed by atoms with Crippen molar-refractivity contribution >= 4 is 11.6 Å². The van der Waals surface area contributed by atoms with Crippen LogP contribution in [0.2, 0.25) is 0 Å². The van der Waals surface area contributed by atoms with E-state index in [4.69, 9.17) is 9.47 Å². The lowest BCUT2D eigenvalue weighted by atomic mass is 9.74. The summed E-state index contributed by atoms with van der Waals surface area (Å²) in [5.41, 5.74) is 0.0596. The van der Waals surface area contributed by atoms with Gasteiger partial charge < -0.3 is 19.9 Å². The number of aryl methyl sites for hydroxylation is 1. The first-order valence-electron chi connectivity index (χ1n) is 9.51. The quantitative estimate of drug-likeness (QED) is 0.791. The predicted molar refractivity (Wildman–Crippen MR) is 101 cm³/mol. The second-order valence-electron chi connectivity index (χ2n) is 7.64. The van der Waals surface area contributed by atoms with Gasteiger partial charge in [-0.3, -0.25) is 4.79 Å². The highest BCUT2D eigenvalue weighted by Gasteiger charge is 2.57. The molecule has 0 unspecified atom stereocenters. The van der Waals surface area contributed by atoms with E-state index in [1.165, 1.54) is 32.4 Å². The van der Waals surface area contributed by atoms with Gasteiger partial charge in [-0.05, 0) is 36.2 Å². The van der Waals surface area contributed by atoms with Crippen molar-refractivity contribution in [2.45, 2.75) is 43.8 Å². The number of hydrogen-bond donors (Lipinski definition) is 2. The lowest BCUT2D eigenvalue weighted by molar-refractivity contribution is -0.138. The summed E-state index contributed by atoms with van der Waals surface area (Å²) in [6.45, 7) is 1.37. The third-order valence-corrected chi connectivity index (χ3v) is 5.79. The molecule has 6 nitrogen and oxygen atoms in total. The van der Waals surface area contributed by atoms with E-state index in [0.29, 0.717) is 17.9 Å². The number of fused-ring (bicyclic) bond motifs is 2. The predicted octanol–water partition coefficient (Wildman–Crippen LogP) is 3.29. The van der Waals surface area contributed by atoms with Crippen molar-refractivity contribution in [3.8, 4) is 5.88 Å². The Morgan fingerprint density at radius 1 is 1.30 bits per heavy atom. The Bertz CT molecular complexity index is 966. The van der Waals surface area contributed by atoms with Gasteiger partial charge in [0.2, 0.25) is 11.8 Å². The van der Waals surface area contributed by atoms with Crippen LogP contribution >= 0.6 is 0 Å². The van der Waals surface area contributed by atoms with Crippen LogP contribution in [0, 0.1) is 12.8 Å². The molecule has 0 aliphatic carbocycles. The normalized spacial score (nSPS) is 27.9. The molecule has 2 aromatic rings. The first kappa shape index (κ1) is 20.6. The van der Waals surface area contributed by atoms with Gasteiger partial charge >= 0.3 is 6.18 Å². The number of anilines is 1. The van der Waals surface area contributed by atoms with Crippen LogP contribution in [-0.4, -0.2) is 41.4 Å². The van der Waals surface area contributed by atoms with E-state index in [0.717, 1.165) is 6.07 Å². The van der Waals surface area contributed by atoms with Gasteiger partial charge in [0.05, 0.1) is 36.9 Å². The van der Waals surface area contributed by atoms with Crippen LogP contribution in [0.4, 0.5) is 18.9 Å². The van der Waals surface area contributed by atoms with E-state index < -0.39 is 47.8 Å². The molecule has 2 saturated heterocycles. The summed E-state index contributed by atoms with van der Waals surface area (Å²) in [6.07, 6.45) is -4.51. The third kappa shape index (κ3) is 3.63. The second-order valence-corrected chi connectivity index (χ2v) is 7.64. The molecule has 2 aliphatic rings. The molecule has 2 fully saturated rings. The molecule has 9 heteroatoms. The maximum absolute atomic E-state index is 13.2. The number of benzene rings is 1. The SMILES string of the molecule is COc1cc([C@H]2[C@H]3O[C@H](C[C@@H]3O)[C@@H]2C(=O)Nc2ccc(C)c(C(F)(F)F)c2)ccn1. The van der Waals surface area contributed by atoms with Crippen LogP contribution in [0.15, 0.2) is 36.5 Å². The van der Waals surface area contributed by atoms with Gasteiger partial charge in [0.15, 0.2) is 0 Å². The lowest BCUT2D eigenvalue weighted by Crippen LogP contribution is -2.41. The molecule has 1 amide bonds. The fraction of sp³-hybridized carbons (Fsp3) is 0.429. The molecule has 160 valence electrons. The molecule has 2 N–H and O–H groups in total. The highest BCUT2D eigenvalue weighted by molar-refractivity contribution is 5.94. The van der Waals surface area contributed by atoms with E-state index in [9.17, 15) is 23.1 Å². The van der Waals surface area contributed by atoms with Crippen LogP contribution in [-0.2, 0) is 15.7 Å². The van der Waals surface area contributed by atoms with Gasteiger partial charge in [0, 0.05) is 30.3 Å². The molecule has 0 radical (unpaired) electrons. The summed E-state index contributed by atoms with van der Waals surface area (Å²) in [5, 5.41) is 12.9. The standard InChI is InChI=1S/C21H21F3N2O4/c1-10-3-4-12(8-13(10)21(22,23)24)26-20(28)18-15-9-14(27)19(30-15)17(18)11-5-6-25-16(7-11)29-2/h3-8,14-15,17-19,27H,9H2,1-2H3,(H,26,28)/t14-,15+,17+,18-,19-/m0/s1. The number of aliphatic hydroxyl groups is 1. The monoisotopic (exact) mass is 422 g/mol. The number of nitrogens with zero attached hydrogens (tertiary/aromatic N) is 1. The highest BCUT2D eigenvalue weighted by atomic mass is 19.4. The number of carbonyl (C=O) groups is 1. The van der Waals surface area contributed by atoms with Gasteiger partial charge in [-0.2, -0.15) is 13.2 Å². The minimum absolute atomic E-state index is 0.0623. The molecule has 0 spiro atoms. The van der Waals surface area contributed by atoms with Gasteiger partial charge in [0.1, 0.15) is 0 Å². The molecule has 2 bridgehead atoms. The van der Waals surface area contributed by atoms with E-state index in [2.05, 4.69) is 10.3 Å². The van der Waals surface area contributed by atoms with Crippen LogP contribution in [0.5, 0.6) is 5.88 Å². The Morgan fingerprint density at radius 2 is 2.07 bits per heavy atom. The molecule has 1 aromatic carbocycles. The fourth-order valence-corrected chi connectivity index (χ4v) is 4.41. The van der Waals surface area contributed by atoms with Gasteiger partial charge in [0.25, 0.3) is 0 Å². The summed E-state index contributed by atoms with van der Waals surface area (Å²) < 4.78 is 50.6. The van der Waals surface area contributed by atoms with Gasteiger partial charge in [-0.15, -0.1) is 0 Å². The minimum Gasteiger partial charge on any atom is -0.481 e. The molecule has 5 atom stereocenters. The van der Waals surface area contributed by atoms with E-state index in [1.807, 2.05) is 0 Å². The maximum Gasteiger partial charge on any atom is 0.416 e. The summed E-state index contributed by atoms with van der Waals surface area (Å²) >= 11 is 0. The molecule has 0 saturated carbocycles. The topological polar surface area (TPSA) is 80.7 Å². The zero-order valence-electron chi connectivity index (χ0n) is 16.3. The number of hydrogen-bond acceptors (Lipinski definition) is 5. The van der Waals surface area contributed by atoms with Crippen molar-refractivity contribution in [2.24, 2.45) is 5.92 Å². The molecular weight excluding hydrogens is 401 g/mol. The molecule has 1 aromatic heterocycles. The summed E-state index contributed by atoms with van der Waals surface area (Å²) in [6, 6.07) is 7.09. The minimum atomic E-state index is -4.51. The van der Waals surface area contributed by atoms with Gasteiger partial charge in [-0.1, -0.05) is 6.07 Å².